The Kier molecular flexibility index (Phi) is 6.31. The van der Waals surface area contributed by atoms with Gasteiger partial charge in [0, 0.05) is 5.69 Å². The van der Waals surface area contributed by atoms with Gasteiger partial charge in [0.15, 0.2) is 0 Å². The minimum absolute atomic E-state index is 0.338. The zero-order valence-electron chi connectivity index (χ0n) is 16.8. The van der Waals surface area contributed by atoms with Crippen molar-refractivity contribution in [3.05, 3.63) is 58.7 Å². The maximum absolute atomic E-state index is 13.0. The largest absolute Gasteiger partial charge is 0.324 e. The molecule has 1 amide bonds. The van der Waals surface area contributed by atoms with Crippen molar-refractivity contribution in [3.8, 4) is 0 Å². The highest BCUT2D eigenvalue weighted by molar-refractivity contribution is 7.92. The van der Waals surface area contributed by atoms with E-state index < -0.39 is 16.1 Å². The van der Waals surface area contributed by atoms with E-state index in [0.717, 1.165) is 28.5 Å². The summed E-state index contributed by atoms with van der Waals surface area (Å²) in [6.45, 7) is 9.61. The van der Waals surface area contributed by atoms with E-state index >= 15 is 0 Å². The van der Waals surface area contributed by atoms with Gasteiger partial charge in [-0.05, 0) is 74.6 Å². The van der Waals surface area contributed by atoms with E-state index in [1.165, 1.54) is 4.31 Å². The lowest BCUT2D eigenvalue weighted by Crippen LogP contribution is -2.47. The van der Waals surface area contributed by atoms with Crippen molar-refractivity contribution in [2.45, 2.75) is 47.1 Å². The molecule has 0 spiro atoms. The average Bonchev–Trinajstić information content (AvgIpc) is 2.58. The smallest absolute Gasteiger partial charge is 0.248 e. The molecule has 0 aliphatic carbocycles. The molecule has 27 heavy (non-hydrogen) atoms. The second kappa shape index (κ2) is 8.13. The molecule has 0 radical (unpaired) electrons. The number of aryl methyl sites for hydroxylation is 3. The van der Waals surface area contributed by atoms with Crippen LogP contribution in [0.5, 0.6) is 0 Å². The zero-order valence-corrected chi connectivity index (χ0v) is 17.6. The third-order valence-electron chi connectivity index (χ3n) is 4.94. The molecule has 1 atom stereocenters. The number of rotatable bonds is 6. The van der Waals surface area contributed by atoms with Crippen LogP contribution in [0.3, 0.4) is 0 Å². The van der Waals surface area contributed by atoms with Crippen LogP contribution >= 0.6 is 0 Å². The van der Waals surface area contributed by atoms with Crippen LogP contribution in [-0.4, -0.2) is 26.6 Å². The third kappa shape index (κ3) is 4.69. The van der Waals surface area contributed by atoms with Gasteiger partial charge in [-0.1, -0.05) is 25.1 Å². The van der Waals surface area contributed by atoms with Gasteiger partial charge in [-0.15, -0.1) is 0 Å². The van der Waals surface area contributed by atoms with E-state index in [4.69, 9.17) is 0 Å². The van der Waals surface area contributed by atoms with Crippen LogP contribution in [0.4, 0.5) is 11.4 Å². The molecule has 0 saturated carbocycles. The maximum Gasteiger partial charge on any atom is 0.248 e. The van der Waals surface area contributed by atoms with E-state index in [1.807, 2.05) is 65.0 Å². The van der Waals surface area contributed by atoms with E-state index in [9.17, 15) is 13.2 Å². The zero-order chi connectivity index (χ0) is 20.4. The van der Waals surface area contributed by atoms with Crippen molar-refractivity contribution < 1.29 is 13.2 Å². The molecular formula is C21H28N2O3S. The Bertz CT molecular complexity index is 952. The summed E-state index contributed by atoms with van der Waals surface area (Å²) in [6.07, 6.45) is 1.49. The van der Waals surface area contributed by atoms with Gasteiger partial charge < -0.3 is 5.32 Å². The van der Waals surface area contributed by atoms with E-state index in [-0.39, 0.29) is 5.91 Å². The van der Waals surface area contributed by atoms with Gasteiger partial charge >= 0.3 is 0 Å². The normalized spacial score (nSPS) is 12.5. The van der Waals surface area contributed by atoms with Crippen LogP contribution in [0, 0.1) is 27.7 Å². The monoisotopic (exact) mass is 388 g/mol. The predicted molar refractivity (Wildman–Crippen MR) is 112 cm³/mol. The van der Waals surface area contributed by atoms with Crippen molar-refractivity contribution in [2.24, 2.45) is 0 Å². The van der Waals surface area contributed by atoms with Crippen molar-refractivity contribution in [1.29, 1.82) is 0 Å². The first kappa shape index (κ1) is 21.0. The number of benzene rings is 2. The molecule has 0 bridgehead atoms. The molecule has 2 aromatic carbocycles. The number of hydrogen-bond donors (Lipinski definition) is 1. The van der Waals surface area contributed by atoms with E-state index in [2.05, 4.69) is 5.32 Å². The van der Waals surface area contributed by atoms with Crippen LogP contribution in [0.2, 0.25) is 0 Å². The Hall–Kier alpha value is -2.34. The Morgan fingerprint density at radius 1 is 1.04 bits per heavy atom. The van der Waals surface area contributed by atoms with Gasteiger partial charge in [0.1, 0.15) is 6.04 Å². The first-order valence-corrected chi connectivity index (χ1v) is 10.8. The van der Waals surface area contributed by atoms with E-state index in [0.29, 0.717) is 17.8 Å². The second-order valence-electron chi connectivity index (χ2n) is 6.99. The van der Waals surface area contributed by atoms with Crippen molar-refractivity contribution in [2.75, 3.05) is 15.9 Å². The molecule has 0 unspecified atom stereocenters. The number of nitrogens with zero attached hydrogens (tertiary/aromatic N) is 1. The van der Waals surface area contributed by atoms with Gasteiger partial charge in [0.25, 0.3) is 0 Å². The van der Waals surface area contributed by atoms with Gasteiger partial charge in [-0.25, -0.2) is 8.42 Å². The van der Waals surface area contributed by atoms with Crippen LogP contribution < -0.4 is 9.62 Å². The SMILES string of the molecule is CC[C@@H](C(=O)Nc1cccc(C)c1C)N(c1ccc(C)c(C)c1)S(C)(=O)=O. The molecule has 0 aliphatic rings. The summed E-state index contributed by atoms with van der Waals surface area (Å²) < 4.78 is 26.3. The number of carbonyl (C=O) groups excluding carboxylic acids is 1. The molecule has 0 fully saturated rings. The average molecular weight is 389 g/mol. The molecule has 0 saturated heterocycles. The molecule has 0 heterocycles. The number of amides is 1. The molecule has 1 N–H and O–H groups in total. The first-order valence-electron chi connectivity index (χ1n) is 9.00. The summed E-state index contributed by atoms with van der Waals surface area (Å²) in [4.78, 5) is 13.0. The number of sulfonamides is 1. The summed E-state index contributed by atoms with van der Waals surface area (Å²) >= 11 is 0. The standard InChI is InChI=1S/C21H28N2O3S/c1-7-20(21(24)22-19-10-8-9-15(3)17(19)5)23(27(6,25)26)18-12-11-14(2)16(4)13-18/h8-13,20H,7H2,1-6H3,(H,22,24)/t20-/m0/s1. The highest BCUT2D eigenvalue weighted by Gasteiger charge is 2.31. The first-order chi connectivity index (χ1) is 12.6. The fraction of sp³-hybridized carbons (Fsp3) is 0.381. The minimum Gasteiger partial charge on any atom is -0.324 e. The summed E-state index contributed by atoms with van der Waals surface area (Å²) in [5.41, 5.74) is 5.29. The molecule has 2 aromatic rings. The van der Waals surface area contributed by atoms with Crippen LogP contribution in [0.15, 0.2) is 36.4 Å². The van der Waals surface area contributed by atoms with Gasteiger partial charge in [0.2, 0.25) is 15.9 Å². The molecule has 2 rings (SSSR count). The Balaban J connectivity index is 2.44. The fourth-order valence-electron chi connectivity index (χ4n) is 3.03. The number of hydrogen-bond acceptors (Lipinski definition) is 3. The third-order valence-corrected chi connectivity index (χ3v) is 6.12. The predicted octanol–water partition coefficient (Wildman–Crippen LogP) is 4.10. The summed E-state index contributed by atoms with van der Waals surface area (Å²) in [5.74, 6) is -0.338. The molecular weight excluding hydrogens is 360 g/mol. The topological polar surface area (TPSA) is 66.5 Å². The lowest BCUT2D eigenvalue weighted by molar-refractivity contribution is -0.117. The van der Waals surface area contributed by atoms with Crippen LogP contribution in [0.25, 0.3) is 0 Å². The van der Waals surface area contributed by atoms with Gasteiger partial charge in [0.05, 0.1) is 11.9 Å². The highest BCUT2D eigenvalue weighted by atomic mass is 32.2. The number of anilines is 2. The molecule has 6 heteroatoms. The van der Waals surface area contributed by atoms with Crippen LogP contribution in [0.1, 0.15) is 35.6 Å². The Labute approximate surface area is 162 Å². The minimum atomic E-state index is -3.64. The van der Waals surface area contributed by atoms with Crippen molar-refractivity contribution >= 4 is 27.3 Å². The fourth-order valence-corrected chi connectivity index (χ4v) is 4.23. The molecule has 0 aliphatic heterocycles. The lowest BCUT2D eigenvalue weighted by atomic mass is 10.1. The maximum atomic E-state index is 13.0. The Morgan fingerprint density at radius 2 is 1.70 bits per heavy atom. The summed E-state index contributed by atoms with van der Waals surface area (Å²) in [5, 5.41) is 2.91. The van der Waals surface area contributed by atoms with E-state index in [1.54, 1.807) is 6.07 Å². The number of carbonyl (C=O) groups is 1. The molecule has 146 valence electrons. The van der Waals surface area contributed by atoms with Crippen molar-refractivity contribution in [1.82, 2.24) is 0 Å². The number of nitrogens with one attached hydrogen (secondary N) is 1. The molecule has 5 nitrogen and oxygen atoms in total. The van der Waals surface area contributed by atoms with Crippen molar-refractivity contribution in [3.63, 3.8) is 0 Å². The Morgan fingerprint density at radius 3 is 2.26 bits per heavy atom. The summed E-state index contributed by atoms with van der Waals surface area (Å²) in [7, 11) is -3.64. The quantitative estimate of drug-likeness (QED) is 0.810. The van der Waals surface area contributed by atoms with Gasteiger partial charge in [-0.2, -0.15) is 0 Å². The second-order valence-corrected chi connectivity index (χ2v) is 8.85. The summed E-state index contributed by atoms with van der Waals surface area (Å²) in [6, 6.07) is 10.3. The lowest BCUT2D eigenvalue weighted by Gasteiger charge is -2.30. The van der Waals surface area contributed by atoms with Gasteiger partial charge in [-0.3, -0.25) is 9.10 Å². The van der Waals surface area contributed by atoms with Crippen LogP contribution in [-0.2, 0) is 14.8 Å². The molecule has 0 aromatic heterocycles. The highest BCUT2D eigenvalue weighted by Crippen LogP contribution is 2.26.